The Balaban J connectivity index is 1.74. The number of sulfonamides is 1. The first-order valence-electron chi connectivity index (χ1n) is 7.89. The van der Waals surface area contributed by atoms with Crippen LogP contribution in [0.2, 0.25) is 0 Å². The largest absolute Gasteiger partial charge is 0.481 e. The molecule has 0 spiro atoms. The van der Waals surface area contributed by atoms with E-state index in [1.165, 1.54) is 23.3 Å². The van der Waals surface area contributed by atoms with E-state index in [-0.39, 0.29) is 11.3 Å². The molecule has 0 radical (unpaired) electrons. The fourth-order valence-electron chi connectivity index (χ4n) is 2.94. The highest BCUT2D eigenvalue weighted by Gasteiger charge is 2.16. The third-order valence-electron chi connectivity index (χ3n) is 4.21. The van der Waals surface area contributed by atoms with E-state index in [0.717, 1.165) is 24.8 Å². The average molecular weight is 345 g/mol. The minimum Gasteiger partial charge on any atom is -0.481 e. The minimum atomic E-state index is -3.65. The number of nitrogens with one attached hydrogen (secondary N) is 1. The van der Waals surface area contributed by atoms with E-state index in [4.69, 9.17) is 5.11 Å². The van der Waals surface area contributed by atoms with Crippen molar-refractivity contribution < 1.29 is 18.3 Å². The number of fused-ring (bicyclic) bond motifs is 1. The van der Waals surface area contributed by atoms with Crippen molar-refractivity contribution in [2.24, 2.45) is 0 Å². The number of carbonyl (C=O) groups is 1. The van der Waals surface area contributed by atoms with Gasteiger partial charge in [0.25, 0.3) is 10.0 Å². The number of benzene rings is 2. The zero-order valence-electron chi connectivity index (χ0n) is 13.2. The van der Waals surface area contributed by atoms with Crippen LogP contribution in [-0.2, 0) is 34.1 Å². The van der Waals surface area contributed by atoms with Gasteiger partial charge in [-0.1, -0.05) is 18.2 Å². The summed E-state index contributed by atoms with van der Waals surface area (Å²) in [6, 6.07) is 12.0. The lowest BCUT2D eigenvalue weighted by molar-refractivity contribution is -0.136. The summed E-state index contributed by atoms with van der Waals surface area (Å²) in [7, 11) is -3.65. The molecule has 0 saturated heterocycles. The molecular weight excluding hydrogens is 326 g/mol. The molecule has 0 saturated carbocycles. The molecule has 3 rings (SSSR count). The Kier molecular flexibility index (Phi) is 4.57. The van der Waals surface area contributed by atoms with Crippen molar-refractivity contribution in [1.82, 2.24) is 0 Å². The first kappa shape index (κ1) is 16.5. The zero-order valence-corrected chi connectivity index (χ0v) is 14.0. The van der Waals surface area contributed by atoms with Crippen LogP contribution in [0.5, 0.6) is 0 Å². The zero-order chi connectivity index (χ0) is 17.2. The molecule has 0 fully saturated rings. The maximum absolute atomic E-state index is 12.5. The molecule has 0 unspecified atom stereocenters. The molecule has 0 bridgehead atoms. The summed E-state index contributed by atoms with van der Waals surface area (Å²) in [4.78, 5) is 10.7. The maximum Gasteiger partial charge on any atom is 0.303 e. The van der Waals surface area contributed by atoms with Crippen LogP contribution in [0, 0.1) is 0 Å². The molecule has 0 aromatic heterocycles. The number of hydrogen-bond acceptors (Lipinski definition) is 3. The van der Waals surface area contributed by atoms with Gasteiger partial charge in [0.1, 0.15) is 0 Å². The maximum atomic E-state index is 12.5. The SMILES string of the molecule is O=C(O)CCc1ccc(S(=O)(=O)Nc2ccc3c(c2)CCC3)cc1. The molecule has 0 aliphatic heterocycles. The van der Waals surface area contributed by atoms with Crippen molar-refractivity contribution >= 4 is 21.7 Å². The fraction of sp³-hybridized carbons (Fsp3) is 0.278. The summed E-state index contributed by atoms with van der Waals surface area (Å²) in [5, 5.41) is 8.68. The highest BCUT2D eigenvalue weighted by Crippen LogP contribution is 2.26. The van der Waals surface area contributed by atoms with Crippen LogP contribution in [0.4, 0.5) is 5.69 Å². The van der Waals surface area contributed by atoms with Gasteiger partial charge >= 0.3 is 5.97 Å². The molecule has 2 aromatic carbocycles. The van der Waals surface area contributed by atoms with E-state index in [0.29, 0.717) is 12.1 Å². The van der Waals surface area contributed by atoms with Crippen LogP contribution in [0.25, 0.3) is 0 Å². The molecule has 2 aromatic rings. The minimum absolute atomic E-state index is 0.0273. The predicted octanol–water partition coefficient (Wildman–Crippen LogP) is 2.99. The lowest BCUT2D eigenvalue weighted by Crippen LogP contribution is -2.13. The van der Waals surface area contributed by atoms with Gasteiger partial charge in [0.05, 0.1) is 4.90 Å². The molecular formula is C18H19NO4S. The second kappa shape index (κ2) is 6.65. The Bertz CT molecular complexity index is 857. The van der Waals surface area contributed by atoms with E-state index in [9.17, 15) is 13.2 Å². The Morgan fingerprint density at radius 3 is 2.46 bits per heavy atom. The molecule has 6 heteroatoms. The first-order valence-corrected chi connectivity index (χ1v) is 9.38. The number of hydrogen-bond donors (Lipinski definition) is 2. The number of carboxylic acid groups (broad SMARTS) is 1. The van der Waals surface area contributed by atoms with Gasteiger partial charge in [-0.25, -0.2) is 8.42 Å². The van der Waals surface area contributed by atoms with Gasteiger partial charge in [-0.15, -0.1) is 0 Å². The number of aliphatic carboxylic acids is 1. The summed E-state index contributed by atoms with van der Waals surface area (Å²) in [5.41, 5.74) is 3.87. The van der Waals surface area contributed by atoms with Gasteiger partial charge < -0.3 is 5.11 Å². The van der Waals surface area contributed by atoms with Crippen LogP contribution in [0.15, 0.2) is 47.4 Å². The third-order valence-corrected chi connectivity index (χ3v) is 5.61. The van der Waals surface area contributed by atoms with Crippen molar-refractivity contribution in [2.45, 2.75) is 37.0 Å². The molecule has 24 heavy (non-hydrogen) atoms. The van der Waals surface area contributed by atoms with Crippen LogP contribution in [0.3, 0.4) is 0 Å². The van der Waals surface area contributed by atoms with E-state index in [1.807, 2.05) is 12.1 Å². The number of aryl methyl sites for hydroxylation is 3. The Morgan fingerprint density at radius 2 is 1.75 bits per heavy atom. The van der Waals surface area contributed by atoms with Crippen molar-refractivity contribution in [1.29, 1.82) is 0 Å². The van der Waals surface area contributed by atoms with Gasteiger partial charge in [0.15, 0.2) is 0 Å². The Morgan fingerprint density at radius 1 is 1.04 bits per heavy atom. The molecule has 1 aliphatic carbocycles. The predicted molar refractivity (Wildman–Crippen MR) is 91.7 cm³/mol. The highest BCUT2D eigenvalue weighted by molar-refractivity contribution is 7.92. The van der Waals surface area contributed by atoms with Crippen LogP contribution >= 0.6 is 0 Å². The number of anilines is 1. The molecule has 0 heterocycles. The molecule has 0 atom stereocenters. The molecule has 126 valence electrons. The van der Waals surface area contributed by atoms with Crippen LogP contribution in [0.1, 0.15) is 29.5 Å². The third kappa shape index (κ3) is 3.76. The summed E-state index contributed by atoms with van der Waals surface area (Å²) >= 11 is 0. The van der Waals surface area contributed by atoms with Crippen molar-refractivity contribution in [3.05, 3.63) is 59.2 Å². The lowest BCUT2D eigenvalue weighted by atomic mass is 10.1. The van der Waals surface area contributed by atoms with E-state index < -0.39 is 16.0 Å². The smallest absolute Gasteiger partial charge is 0.303 e. The van der Waals surface area contributed by atoms with Crippen molar-refractivity contribution in [3.63, 3.8) is 0 Å². The van der Waals surface area contributed by atoms with Crippen molar-refractivity contribution in [3.8, 4) is 0 Å². The number of rotatable bonds is 6. The first-order chi connectivity index (χ1) is 11.4. The fourth-order valence-corrected chi connectivity index (χ4v) is 3.99. The lowest BCUT2D eigenvalue weighted by Gasteiger charge is -2.10. The van der Waals surface area contributed by atoms with Crippen LogP contribution < -0.4 is 4.72 Å². The second-order valence-electron chi connectivity index (χ2n) is 5.98. The van der Waals surface area contributed by atoms with E-state index >= 15 is 0 Å². The molecule has 0 amide bonds. The highest BCUT2D eigenvalue weighted by atomic mass is 32.2. The Hall–Kier alpha value is -2.34. The molecule has 2 N–H and O–H groups in total. The summed E-state index contributed by atoms with van der Waals surface area (Å²) in [6.45, 7) is 0. The standard InChI is InChI=1S/C18H19NO4S/c20-18(21)11-6-13-4-9-17(10-5-13)24(22,23)19-16-8-7-14-2-1-3-15(14)12-16/h4-5,7-10,12,19H,1-3,6,11H2,(H,20,21). The molecule has 5 nitrogen and oxygen atoms in total. The van der Waals surface area contributed by atoms with Gasteiger partial charge in [-0.05, 0) is 66.6 Å². The van der Waals surface area contributed by atoms with Gasteiger partial charge in [0, 0.05) is 12.1 Å². The van der Waals surface area contributed by atoms with Gasteiger partial charge in [0.2, 0.25) is 0 Å². The average Bonchev–Trinajstić information content (AvgIpc) is 3.00. The normalized spacial score (nSPS) is 13.5. The Labute approximate surface area is 141 Å². The molecule has 1 aliphatic rings. The summed E-state index contributed by atoms with van der Waals surface area (Å²) < 4.78 is 27.6. The van der Waals surface area contributed by atoms with Gasteiger partial charge in [-0.3, -0.25) is 9.52 Å². The topological polar surface area (TPSA) is 83.5 Å². The van der Waals surface area contributed by atoms with Crippen molar-refractivity contribution in [2.75, 3.05) is 4.72 Å². The van der Waals surface area contributed by atoms with E-state index in [2.05, 4.69) is 4.72 Å². The van der Waals surface area contributed by atoms with Crippen LogP contribution in [-0.4, -0.2) is 19.5 Å². The monoisotopic (exact) mass is 345 g/mol. The summed E-state index contributed by atoms with van der Waals surface area (Å²) in [6.07, 6.45) is 3.57. The quantitative estimate of drug-likeness (QED) is 0.843. The second-order valence-corrected chi connectivity index (χ2v) is 7.66. The van der Waals surface area contributed by atoms with Gasteiger partial charge in [-0.2, -0.15) is 0 Å². The number of carboxylic acids is 1. The summed E-state index contributed by atoms with van der Waals surface area (Å²) in [5.74, 6) is -0.870. The van der Waals surface area contributed by atoms with E-state index in [1.54, 1.807) is 18.2 Å².